The van der Waals surface area contributed by atoms with E-state index in [4.69, 9.17) is 4.74 Å². The molecule has 3 aromatic heterocycles. The van der Waals surface area contributed by atoms with Crippen LogP contribution in [0.25, 0.3) is 5.65 Å². The van der Waals surface area contributed by atoms with Crippen LogP contribution in [0.2, 0.25) is 0 Å². The van der Waals surface area contributed by atoms with Crippen molar-refractivity contribution < 1.29 is 17.9 Å². The number of nitrogens with one attached hydrogen (secondary N) is 1. The number of ether oxygens (including phenoxy) is 1. The number of rotatable bonds is 5. The fraction of sp³-hybridized carbons (Fsp3) is 0.556. The van der Waals surface area contributed by atoms with Crippen LogP contribution in [0.15, 0.2) is 18.5 Å². The first kappa shape index (κ1) is 19.3. The van der Waals surface area contributed by atoms with E-state index >= 15 is 0 Å². The zero-order chi connectivity index (χ0) is 21.0. The Morgan fingerprint density at radius 1 is 1.30 bits per heavy atom. The average Bonchev–Trinajstić information content (AvgIpc) is 3.32. The molecule has 0 radical (unpaired) electrons. The van der Waals surface area contributed by atoms with E-state index in [1.165, 1.54) is 33.4 Å². The lowest BCUT2D eigenvalue weighted by molar-refractivity contribution is -0.189. The summed E-state index contributed by atoms with van der Waals surface area (Å²) in [7, 11) is 0. The minimum atomic E-state index is -4.48. The highest BCUT2D eigenvalue weighted by atomic mass is 32.1. The molecular weight excluding hydrogens is 419 g/mol. The summed E-state index contributed by atoms with van der Waals surface area (Å²) in [5, 5.41) is 8.91. The van der Waals surface area contributed by atoms with Crippen molar-refractivity contribution in [2.45, 2.75) is 38.6 Å². The van der Waals surface area contributed by atoms with Gasteiger partial charge in [0, 0.05) is 31.5 Å². The van der Waals surface area contributed by atoms with Gasteiger partial charge in [-0.2, -0.15) is 22.5 Å². The van der Waals surface area contributed by atoms with Crippen LogP contribution in [0, 0.1) is 18.8 Å². The minimum Gasteiger partial charge on any atom is -0.462 e. The fourth-order valence-corrected chi connectivity index (χ4v) is 4.90. The predicted octanol–water partition coefficient (Wildman–Crippen LogP) is 3.16. The van der Waals surface area contributed by atoms with Gasteiger partial charge in [-0.1, -0.05) is 0 Å². The first-order valence-electron chi connectivity index (χ1n) is 9.67. The second-order valence-electron chi connectivity index (χ2n) is 7.88. The summed E-state index contributed by atoms with van der Waals surface area (Å²) in [6.45, 7) is 4.80. The summed E-state index contributed by atoms with van der Waals surface area (Å²) in [5.41, 5.74) is 1.19. The van der Waals surface area contributed by atoms with Gasteiger partial charge >= 0.3 is 6.18 Å². The molecule has 1 saturated carbocycles. The third-order valence-corrected chi connectivity index (χ3v) is 6.67. The summed E-state index contributed by atoms with van der Waals surface area (Å²) in [5.74, 6) is 1.09. The molecule has 2 unspecified atom stereocenters. The second kappa shape index (κ2) is 6.96. The Morgan fingerprint density at radius 3 is 2.73 bits per heavy atom. The zero-order valence-corrected chi connectivity index (χ0v) is 17.1. The van der Waals surface area contributed by atoms with Crippen LogP contribution in [0.3, 0.4) is 0 Å². The maximum Gasteiger partial charge on any atom is 0.425 e. The van der Waals surface area contributed by atoms with E-state index < -0.39 is 12.3 Å². The number of alkyl halides is 3. The number of anilines is 2. The third kappa shape index (κ3) is 3.42. The molecule has 12 heteroatoms. The Bertz CT molecular complexity index is 1060. The number of fused-ring (bicyclic) bond motifs is 3. The second-order valence-corrected chi connectivity index (χ2v) is 8.66. The largest absolute Gasteiger partial charge is 0.462 e. The number of aryl methyl sites for hydroxylation is 1. The predicted molar refractivity (Wildman–Crippen MR) is 105 cm³/mol. The standard InChI is InChI=1S/C18H20F3N7OS/c1-9-5-13(30-26-9)27-7-11-6-12(8-27)14(11)23-17-24-15-16(22-3-4-28(15)25-17)29-10(2)18(19,20)21/h3-5,10-12,14H,6-8H2,1-2H3,(H,23,25)/t10-,11+,12?,14?/m1/s1. The average molecular weight is 439 g/mol. The van der Waals surface area contributed by atoms with Crippen molar-refractivity contribution in [3.63, 3.8) is 0 Å². The lowest BCUT2D eigenvalue weighted by Crippen LogP contribution is -2.61. The highest BCUT2D eigenvalue weighted by Crippen LogP contribution is 2.43. The van der Waals surface area contributed by atoms with Crippen LogP contribution in [0.1, 0.15) is 19.0 Å². The number of hydrogen-bond donors (Lipinski definition) is 1. The number of nitrogens with zero attached hydrogens (tertiary/aromatic N) is 6. The molecule has 2 saturated heterocycles. The monoisotopic (exact) mass is 439 g/mol. The van der Waals surface area contributed by atoms with E-state index in [1.54, 1.807) is 0 Å². The van der Waals surface area contributed by atoms with Crippen LogP contribution in [0.5, 0.6) is 5.88 Å². The van der Waals surface area contributed by atoms with Crippen molar-refractivity contribution in [2.24, 2.45) is 11.8 Å². The van der Waals surface area contributed by atoms with Gasteiger partial charge in [-0.3, -0.25) is 0 Å². The first-order chi connectivity index (χ1) is 14.3. The van der Waals surface area contributed by atoms with Gasteiger partial charge in [0.1, 0.15) is 5.00 Å². The third-order valence-electron chi connectivity index (χ3n) is 5.73. The number of halogens is 3. The maximum atomic E-state index is 12.8. The smallest absolute Gasteiger partial charge is 0.425 e. The first-order valence-corrected chi connectivity index (χ1v) is 10.4. The Morgan fingerprint density at radius 2 is 2.07 bits per heavy atom. The summed E-state index contributed by atoms with van der Waals surface area (Å²) in [6.07, 6.45) is -2.46. The molecule has 160 valence electrons. The summed E-state index contributed by atoms with van der Waals surface area (Å²) in [4.78, 5) is 10.6. The molecule has 8 nitrogen and oxygen atoms in total. The van der Waals surface area contributed by atoms with Crippen molar-refractivity contribution in [1.82, 2.24) is 24.0 Å². The molecule has 2 aliphatic heterocycles. The SMILES string of the molecule is Cc1cc(N2CC3C[C@@H](C2)C3Nc2nc3c(O[C@H](C)C(F)(F)F)nccn3n2)sn1. The van der Waals surface area contributed by atoms with Crippen molar-refractivity contribution in [3.8, 4) is 5.88 Å². The topological polar surface area (TPSA) is 80.5 Å². The van der Waals surface area contributed by atoms with Gasteiger partial charge in [-0.15, -0.1) is 5.10 Å². The molecule has 6 rings (SSSR count). The van der Waals surface area contributed by atoms with Crippen molar-refractivity contribution in [1.29, 1.82) is 0 Å². The fourth-order valence-electron chi connectivity index (χ4n) is 4.13. The van der Waals surface area contributed by atoms with Gasteiger partial charge in [0.2, 0.25) is 11.6 Å². The molecule has 1 N–H and O–H groups in total. The van der Waals surface area contributed by atoms with Gasteiger partial charge in [0.15, 0.2) is 6.10 Å². The molecule has 0 amide bonds. The van der Waals surface area contributed by atoms with E-state index in [0.717, 1.165) is 32.1 Å². The summed E-state index contributed by atoms with van der Waals surface area (Å²) in [6, 6.07) is 2.34. The number of piperidine rings is 2. The van der Waals surface area contributed by atoms with Gasteiger partial charge in [-0.25, -0.2) is 9.50 Å². The highest BCUT2D eigenvalue weighted by molar-refractivity contribution is 7.10. The molecule has 1 aliphatic carbocycles. The van der Waals surface area contributed by atoms with E-state index in [1.807, 2.05) is 6.92 Å². The Kier molecular flexibility index (Phi) is 4.49. The normalized spacial score (nSPS) is 24.6. The summed E-state index contributed by atoms with van der Waals surface area (Å²) < 4.78 is 49.2. The van der Waals surface area contributed by atoms with Crippen LogP contribution in [0.4, 0.5) is 24.1 Å². The van der Waals surface area contributed by atoms with Crippen LogP contribution in [-0.2, 0) is 0 Å². The van der Waals surface area contributed by atoms with Crippen LogP contribution >= 0.6 is 11.5 Å². The molecule has 3 aliphatic rings. The van der Waals surface area contributed by atoms with Crippen molar-refractivity contribution >= 4 is 28.1 Å². The van der Waals surface area contributed by atoms with E-state index in [2.05, 4.69) is 35.7 Å². The number of aromatic nitrogens is 5. The molecule has 2 bridgehead atoms. The molecule has 0 aromatic carbocycles. The lowest BCUT2D eigenvalue weighted by Gasteiger charge is -2.53. The molecule has 0 spiro atoms. The molecule has 3 fully saturated rings. The van der Waals surface area contributed by atoms with E-state index in [-0.39, 0.29) is 17.6 Å². The Hall–Kier alpha value is -2.63. The molecule has 3 aromatic rings. The van der Waals surface area contributed by atoms with Crippen LogP contribution in [-0.4, -0.2) is 55.4 Å². The molecular formula is C18H20F3N7OS. The van der Waals surface area contributed by atoms with Gasteiger partial charge < -0.3 is 15.0 Å². The summed E-state index contributed by atoms with van der Waals surface area (Å²) >= 11 is 1.52. The molecule has 30 heavy (non-hydrogen) atoms. The molecule has 4 atom stereocenters. The quantitative estimate of drug-likeness (QED) is 0.654. The van der Waals surface area contributed by atoms with E-state index in [9.17, 15) is 13.2 Å². The minimum absolute atomic E-state index is 0.155. The Balaban J connectivity index is 1.29. The van der Waals surface area contributed by atoms with Crippen molar-refractivity contribution in [3.05, 3.63) is 24.2 Å². The lowest BCUT2D eigenvalue weighted by atomic mass is 9.66. The van der Waals surface area contributed by atoms with Crippen molar-refractivity contribution in [2.75, 3.05) is 23.3 Å². The van der Waals surface area contributed by atoms with Gasteiger partial charge in [-0.05, 0) is 49.7 Å². The highest BCUT2D eigenvalue weighted by Gasteiger charge is 2.47. The maximum absolute atomic E-state index is 12.8. The number of hydrogen-bond acceptors (Lipinski definition) is 8. The van der Waals surface area contributed by atoms with Crippen LogP contribution < -0.4 is 15.0 Å². The Labute approximate surface area is 174 Å². The van der Waals surface area contributed by atoms with E-state index in [0.29, 0.717) is 17.8 Å². The molecule has 5 heterocycles. The zero-order valence-electron chi connectivity index (χ0n) is 16.3. The van der Waals surface area contributed by atoms with Gasteiger partial charge in [0.25, 0.3) is 5.88 Å². The van der Waals surface area contributed by atoms with Gasteiger partial charge in [0.05, 0.1) is 5.69 Å².